The molecule has 23 heavy (non-hydrogen) atoms. The number of phenolic OH excluding ortho intramolecular Hbond substituents is 1. The molecule has 0 heterocycles. The lowest BCUT2D eigenvalue weighted by atomic mass is 10.0. The van der Waals surface area contributed by atoms with Crippen molar-refractivity contribution in [1.29, 1.82) is 0 Å². The maximum Gasteiger partial charge on any atom is 0.221 e. The van der Waals surface area contributed by atoms with Crippen LogP contribution in [0.1, 0.15) is 6.92 Å². The summed E-state index contributed by atoms with van der Waals surface area (Å²) in [5.41, 5.74) is 0.690. The minimum atomic E-state index is -1.79. The Hall–Kier alpha value is -2.04. The highest BCUT2D eigenvalue weighted by Crippen LogP contribution is 2.13. The van der Waals surface area contributed by atoms with Crippen LogP contribution >= 0.6 is 0 Å². The number of nitrogens with one attached hydrogen (secondary N) is 1. The Kier molecular flexibility index (Phi) is 9.70. The second-order valence-electron chi connectivity index (χ2n) is 4.59. The zero-order chi connectivity index (χ0) is 18.0. The maximum absolute atomic E-state index is 10.5. The van der Waals surface area contributed by atoms with Crippen LogP contribution in [-0.4, -0.2) is 73.9 Å². The number of carbonyl (C=O) groups excluding carboxylic acids is 2. The molecule has 0 aromatic heterocycles. The quantitative estimate of drug-likeness (QED) is 0.231. The van der Waals surface area contributed by atoms with Gasteiger partial charge in [-0.05, 0) is 24.3 Å². The van der Waals surface area contributed by atoms with Crippen LogP contribution in [-0.2, 0) is 9.59 Å². The SMILES string of the molecule is CC(=O)Nc1ccc(O)cc1.O=C[C@H](O)[C@@H](O)[C@H](O)[C@H](O)CO. The Morgan fingerprint density at radius 1 is 1.13 bits per heavy atom. The number of carbonyl (C=O) groups is 2. The van der Waals surface area contributed by atoms with Crippen LogP contribution in [0.2, 0.25) is 0 Å². The molecule has 0 saturated carbocycles. The molecule has 1 rings (SSSR count). The number of hydrogen-bond acceptors (Lipinski definition) is 8. The molecule has 1 amide bonds. The fraction of sp³-hybridized carbons (Fsp3) is 0.429. The van der Waals surface area contributed by atoms with Gasteiger partial charge in [-0.1, -0.05) is 0 Å². The zero-order valence-electron chi connectivity index (χ0n) is 12.4. The normalized spacial score (nSPS) is 15.4. The van der Waals surface area contributed by atoms with Crippen molar-refractivity contribution in [3.8, 4) is 5.75 Å². The van der Waals surface area contributed by atoms with E-state index < -0.39 is 31.0 Å². The third-order valence-corrected chi connectivity index (χ3v) is 2.61. The molecule has 130 valence electrons. The topological polar surface area (TPSA) is 168 Å². The number of benzene rings is 1. The third kappa shape index (κ3) is 8.24. The molecule has 1 aromatic carbocycles. The van der Waals surface area contributed by atoms with E-state index in [0.29, 0.717) is 5.69 Å². The van der Waals surface area contributed by atoms with Crippen molar-refractivity contribution in [2.45, 2.75) is 31.3 Å². The lowest BCUT2D eigenvalue weighted by Gasteiger charge is -2.22. The molecule has 0 saturated heterocycles. The molecule has 9 nitrogen and oxygen atoms in total. The number of amides is 1. The Morgan fingerprint density at radius 3 is 2.04 bits per heavy atom. The molecule has 7 N–H and O–H groups in total. The second-order valence-corrected chi connectivity index (χ2v) is 4.59. The summed E-state index contributed by atoms with van der Waals surface area (Å²) in [6.07, 6.45) is -6.84. The van der Waals surface area contributed by atoms with Crippen molar-refractivity contribution in [2.75, 3.05) is 11.9 Å². The predicted octanol–water partition coefficient (Wildman–Crippen LogP) is -2.03. The van der Waals surface area contributed by atoms with Gasteiger partial charge in [-0.3, -0.25) is 4.79 Å². The Morgan fingerprint density at radius 2 is 1.65 bits per heavy atom. The van der Waals surface area contributed by atoms with Crippen LogP contribution < -0.4 is 5.32 Å². The summed E-state index contributed by atoms with van der Waals surface area (Å²) in [5, 5.41) is 55.0. The van der Waals surface area contributed by atoms with E-state index in [9.17, 15) is 9.59 Å². The fourth-order valence-electron chi connectivity index (χ4n) is 1.37. The summed E-state index contributed by atoms with van der Waals surface area (Å²) in [7, 11) is 0. The molecule has 4 atom stereocenters. The van der Waals surface area contributed by atoms with E-state index in [1.807, 2.05) is 0 Å². The lowest BCUT2D eigenvalue weighted by Crippen LogP contribution is -2.46. The van der Waals surface area contributed by atoms with Crippen molar-refractivity contribution in [3.05, 3.63) is 24.3 Å². The van der Waals surface area contributed by atoms with E-state index in [1.165, 1.54) is 19.1 Å². The first kappa shape index (κ1) is 21.0. The summed E-state index contributed by atoms with van der Waals surface area (Å²) < 4.78 is 0. The molecular weight excluding hydrogens is 310 g/mol. The monoisotopic (exact) mass is 331 g/mol. The van der Waals surface area contributed by atoms with Crippen molar-refractivity contribution in [3.63, 3.8) is 0 Å². The van der Waals surface area contributed by atoms with Gasteiger partial charge in [0.25, 0.3) is 0 Å². The van der Waals surface area contributed by atoms with Crippen LogP contribution in [0.4, 0.5) is 5.69 Å². The minimum Gasteiger partial charge on any atom is -0.508 e. The number of aldehydes is 1. The maximum atomic E-state index is 10.5. The standard InChI is InChI=1S/C8H9NO2.C6H12O6/c1-6(10)9-7-2-4-8(11)5-3-7;7-1-3(9)5(11)6(12)4(10)2-8/h2-5,11H,1H3,(H,9,10);1,3-6,8-12H,2H2/t;3-,4+,5+,6+/m.0/s1. The minimum absolute atomic E-state index is 0.0258. The largest absolute Gasteiger partial charge is 0.508 e. The third-order valence-electron chi connectivity index (χ3n) is 2.61. The van der Waals surface area contributed by atoms with Gasteiger partial charge in [0, 0.05) is 12.6 Å². The first-order chi connectivity index (χ1) is 10.7. The van der Waals surface area contributed by atoms with Gasteiger partial charge >= 0.3 is 0 Å². The lowest BCUT2D eigenvalue weighted by molar-refractivity contribution is -0.136. The Labute approximate surface area is 132 Å². The molecule has 0 spiro atoms. The van der Waals surface area contributed by atoms with Gasteiger partial charge in [0.15, 0.2) is 6.29 Å². The summed E-state index contributed by atoms with van der Waals surface area (Å²) in [6, 6.07) is 6.31. The molecule has 0 aliphatic rings. The fourth-order valence-corrected chi connectivity index (χ4v) is 1.37. The molecule has 0 aliphatic heterocycles. The highest BCUT2D eigenvalue weighted by atomic mass is 16.4. The average molecular weight is 331 g/mol. The number of hydrogen-bond donors (Lipinski definition) is 7. The number of aliphatic hydroxyl groups excluding tert-OH is 5. The summed E-state index contributed by atoms with van der Waals surface area (Å²) in [5.74, 6) is 0.0785. The zero-order valence-corrected chi connectivity index (χ0v) is 12.4. The molecule has 0 radical (unpaired) electrons. The highest BCUT2D eigenvalue weighted by Gasteiger charge is 2.29. The smallest absolute Gasteiger partial charge is 0.221 e. The predicted molar refractivity (Wildman–Crippen MR) is 79.6 cm³/mol. The van der Waals surface area contributed by atoms with Crippen molar-refractivity contribution >= 4 is 17.9 Å². The Balaban J connectivity index is 0.000000422. The number of rotatable bonds is 6. The molecule has 0 bridgehead atoms. The number of anilines is 1. The van der Waals surface area contributed by atoms with Gasteiger partial charge < -0.3 is 40.8 Å². The Bertz CT molecular complexity index is 478. The number of aliphatic hydroxyl groups is 5. The van der Waals surface area contributed by atoms with E-state index in [1.54, 1.807) is 12.1 Å². The van der Waals surface area contributed by atoms with Gasteiger partial charge in [0.05, 0.1) is 6.61 Å². The second kappa shape index (κ2) is 10.6. The summed E-state index contributed by atoms with van der Waals surface area (Å²) in [6.45, 7) is 0.677. The number of phenols is 1. The van der Waals surface area contributed by atoms with Gasteiger partial charge in [0.1, 0.15) is 30.2 Å². The van der Waals surface area contributed by atoms with Crippen LogP contribution in [0.3, 0.4) is 0 Å². The molecule has 9 heteroatoms. The van der Waals surface area contributed by atoms with Crippen LogP contribution in [0.15, 0.2) is 24.3 Å². The average Bonchev–Trinajstić information content (AvgIpc) is 2.54. The van der Waals surface area contributed by atoms with E-state index >= 15 is 0 Å². The summed E-state index contributed by atoms with van der Waals surface area (Å²) in [4.78, 5) is 20.4. The molecule has 1 aromatic rings. The first-order valence-corrected chi connectivity index (χ1v) is 6.58. The van der Waals surface area contributed by atoms with Gasteiger partial charge in [0.2, 0.25) is 5.91 Å². The highest BCUT2D eigenvalue weighted by molar-refractivity contribution is 5.88. The van der Waals surface area contributed by atoms with Gasteiger partial charge in [-0.15, -0.1) is 0 Å². The van der Waals surface area contributed by atoms with E-state index in [-0.39, 0.29) is 17.9 Å². The molecule has 0 fully saturated rings. The molecule has 0 unspecified atom stereocenters. The van der Waals surface area contributed by atoms with Crippen molar-refractivity contribution < 1.29 is 40.2 Å². The van der Waals surface area contributed by atoms with Gasteiger partial charge in [-0.2, -0.15) is 0 Å². The first-order valence-electron chi connectivity index (χ1n) is 6.58. The van der Waals surface area contributed by atoms with Crippen molar-refractivity contribution in [2.24, 2.45) is 0 Å². The molecule has 0 aliphatic carbocycles. The van der Waals surface area contributed by atoms with Gasteiger partial charge in [-0.25, -0.2) is 0 Å². The van der Waals surface area contributed by atoms with Crippen LogP contribution in [0, 0.1) is 0 Å². The summed E-state index contributed by atoms with van der Waals surface area (Å²) >= 11 is 0. The van der Waals surface area contributed by atoms with E-state index in [0.717, 1.165) is 0 Å². The number of aromatic hydroxyl groups is 1. The van der Waals surface area contributed by atoms with Crippen LogP contribution in [0.5, 0.6) is 5.75 Å². The van der Waals surface area contributed by atoms with E-state index in [2.05, 4.69) is 5.32 Å². The van der Waals surface area contributed by atoms with E-state index in [4.69, 9.17) is 30.6 Å². The molecular formula is C14H21NO8. The van der Waals surface area contributed by atoms with Crippen LogP contribution in [0.25, 0.3) is 0 Å². The van der Waals surface area contributed by atoms with Crippen molar-refractivity contribution in [1.82, 2.24) is 0 Å².